The largest absolute Gasteiger partial charge is 0.310 e. The third-order valence-corrected chi connectivity index (χ3v) is 3.25. The fourth-order valence-electron chi connectivity index (χ4n) is 1.03. The topological polar surface area (TPSA) is 71.1 Å². The third-order valence-electron chi connectivity index (χ3n) is 1.89. The van der Waals surface area contributed by atoms with Crippen LogP contribution < -0.4 is 10.0 Å². The molecule has 0 amide bonds. The Bertz CT molecular complexity index is 378. The molecule has 0 fully saturated rings. The molecule has 0 spiro atoms. The van der Waals surface area contributed by atoms with Gasteiger partial charge in [-0.15, -0.1) is 0 Å². The molecule has 6 heteroatoms. The number of hydrogen-bond donors (Lipinski definition) is 2. The summed E-state index contributed by atoms with van der Waals surface area (Å²) in [5.41, 5.74) is 0.902. The molecule has 1 aromatic rings. The fourth-order valence-corrected chi connectivity index (χ4v) is 1.64. The van der Waals surface area contributed by atoms with Gasteiger partial charge in [-0.1, -0.05) is 6.07 Å². The normalized spacial score (nSPS) is 11.5. The van der Waals surface area contributed by atoms with E-state index in [-0.39, 0.29) is 5.75 Å². The number of aromatic nitrogens is 1. The maximum Gasteiger partial charge on any atom is 0.212 e. The molecule has 5 nitrogen and oxygen atoms in total. The minimum Gasteiger partial charge on any atom is -0.310 e. The maximum atomic E-state index is 11.0. The van der Waals surface area contributed by atoms with Gasteiger partial charge in [0, 0.05) is 19.3 Å². The van der Waals surface area contributed by atoms with Gasteiger partial charge in [0.2, 0.25) is 10.0 Å². The van der Waals surface area contributed by atoms with Gasteiger partial charge in [-0.3, -0.25) is 4.98 Å². The molecule has 0 aliphatic carbocycles. The van der Waals surface area contributed by atoms with Gasteiger partial charge in [0.05, 0.1) is 11.4 Å². The highest BCUT2D eigenvalue weighted by Crippen LogP contribution is 1.91. The zero-order valence-corrected chi connectivity index (χ0v) is 9.42. The predicted octanol–water partition coefficient (Wildman–Crippen LogP) is -0.280. The average Bonchev–Trinajstić information content (AvgIpc) is 2.26. The highest BCUT2D eigenvalue weighted by molar-refractivity contribution is 7.89. The van der Waals surface area contributed by atoms with E-state index in [1.807, 2.05) is 18.2 Å². The lowest BCUT2D eigenvalue weighted by atomic mass is 10.3. The van der Waals surface area contributed by atoms with Crippen LogP contribution in [0.25, 0.3) is 0 Å². The van der Waals surface area contributed by atoms with E-state index in [0.717, 1.165) is 5.69 Å². The first-order chi connectivity index (χ1) is 7.14. The lowest BCUT2D eigenvalue weighted by molar-refractivity contribution is 0.582. The summed E-state index contributed by atoms with van der Waals surface area (Å²) >= 11 is 0. The van der Waals surface area contributed by atoms with Gasteiger partial charge in [0.15, 0.2) is 0 Å². The number of nitrogens with zero attached hydrogens (tertiary/aromatic N) is 1. The zero-order valence-electron chi connectivity index (χ0n) is 8.60. The number of pyridine rings is 1. The van der Waals surface area contributed by atoms with Crippen molar-refractivity contribution in [3.8, 4) is 0 Å². The smallest absolute Gasteiger partial charge is 0.212 e. The summed E-state index contributed by atoms with van der Waals surface area (Å²) in [6, 6.07) is 5.63. The Morgan fingerprint density at radius 3 is 2.80 bits per heavy atom. The molecule has 0 atom stereocenters. The van der Waals surface area contributed by atoms with Crippen molar-refractivity contribution in [2.24, 2.45) is 0 Å². The van der Waals surface area contributed by atoms with E-state index in [0.29, 0.717) is 13.1 Å². The van der Waals surface area contributed by atoms with Crippen LogP contribution in [0.4, 0.5) is 0 Å². The van der Waals surface area contributed by atoms with Crippen LogP contribution in [0.15, 0.2) is 24.4 Å². The van der Waals surface area contributed by atoms with Gasteiger partial charge in [-0.25, -0.2) is 13.1 Å². The Morgan fingerprint density at radius 1 is 1.40 bits per heavy atom. The van der Waals surface area contributed by atoms with Crippen LogP contribution in [0, 0.1) is 0 Å². The van der Waals surface area contributed by atoms with Crippen LogP contribution in [0.1, 0.15) is 5.69 Å². The van der Waals surface area contributed by atoms with Gasteiger partial charge in [-0.2, -0.15) is 0 Å². The zero-order chi connectivity index (χ0) is 11.1. The number of rotatable bonds is 6. The molecule has 1 rings (SSSR count). The molecule has 2 N–H and O–H groups in total. The maximum absolute atomic E-state index is 11.0. The van der Waals surface area contributed by atoms with Crippen molar-refractivity contribution in [1.82, 2.24) is 15.0 Å². The Hall–Kier alpha value is -0.980. The molecule has 15 heavy (non-hydrogen) atoms. The molecule has 84 valence electrons. The van der Waals surface area contributed by atoms with Crippen molar-refractivity contribution >= 4 is 10.0 Å². The molecule has 0 bridgehead atoms. The molecule has 0 aliphatic rings. The van der Waals surface area contributed by atoms with Crippen LogP contribution in [0.2, 0.25) is 0 Å². The van der Waals surface area contributed by atoms with Crippen molar-refractivity contribution in [2.45, 2.75) is 6.54 Å². The van der Waals surface area contributed by atoms with E-state index in [9.17, 15) is 8.42 Å². The highest BCUT2D eigenvalue weighted by atomic mass is 32.2. The van der Waals surface area contributed by atoms with E-state index >= 15 is 0 Å². The summed E-state index contributed by atoms with van der Waals surface area (Å²) in [7, 11) is -1.70. The van der Waals surface area contributed by atoms with Crippen LogP contribution in [-0.4, -0.2) is 32.7 Å². The van der Waals surface area contributed by atoms with E-state index in [1.54, 1.807) is 6.20 Å². The minimum atomic E-state index is -3.11. The molecule has 0 radical (unpaired) electrons. The lowest BCUT2D eigenvalue weighted by Crippen LogP contribution is -2.29. The Balaban J connectivity index is 2.24. The van der Waals surface area contributed by atoms with Crippen molar-refractivity contribution in [3.63, 3.8) is 0 Å². The Kier molecular flexibility index (Phi) is 4.67. The van der Waals surface area contributed by atoms with E-state index in [2.05, 4.69) is 15.0 Å². The molecule has 0 aromatic carbocycles. The van der Waals surface area contributed by atoms with Gasteiger partial charge in [0.1, 0.15) is 0 Å². The van der Waals surface area contributed by atoms with Crippen molar-refractivity contribution in [3.05, 3.63) is 30.1 Å². The van der Waals surface area contributed by atoms with Crippen molar-refractivity contribution < 1.29 is 8.42 Å². The molecule has 0 saturated carbocycles. The molecule has 1 heterocycles. The SMILES string of the molecule is CNS(=O)(=O)CCNCc1ccccn1. The first-order valence-corrected chi connectivity index (χ1v) is 6.31. The van der Waals surface area contributed by atoms with E-state index < -0.39 is 10.0 Å². The molecular formula is C9H15N3O2S. The molecule has 0 saturated heterocycles. The molecule has 1 aromatic heterocycles. The summed E-state index contributed by atoms with van der Waals surface area (Å²) in [6.07, 6.45) is 1.71. The second-order valence-corrected chi connectivity index (χ2v) is 5.07. The number of nitrogens with one attached hydrogen (secondary N) is 2. The summed E-state index contributed by atoms with van der Waals surface area (Å²) in [5.74, 6) is 0.0797. The highest BCUT2D eigenvalue weighted by Gasteiger charge is 2.05. The van der Waals surface area contributed by atoms with Crippen LogP contribution in [0.5, 0.6) is 0 Å². The van der Waals surface area contributed by atoms with Gasteiger partial charge in [-0.05, 0) is 19.2 Å². The van der Waals surface area contributed by atoms with Gasteiger partial charge in [0.25, 0.3) is 0 Å². The molecule has 0 aliphatic heterocycles. The summed E-state index contributed by atoms with van der Waals surface area (Å²) in [4.78, 5) is 4.11. The second-order valence-electron chi connectivity index (χ2n) is 3.02. The summed E-state index contributed by atoms with van der Waals surface area (Å²) in [6.45, 7) is 1.000. The molecular weight excluding hydrogens is 214 g/mol. The first kappa shape index (κ1) is 12.1. The average molecular weight is 229 g/mol. The first-order valence-electron chi connectivity index (χ1n) is 4.66. The lowest BCUT2D eigenvalue weighted by Gasteiger charge is -2.04. The van der Waals surface area contributed by atoms with Crippen LogP contribution in [0.3, 0.4) is 0 Å². The summed E-state index contributed by atoms with van der Waals surface area (Å²) in [5, 5.41) is 3.01. The standard InChI is InChI=1S/C9H15N3O2S/c1-10-15(13,14)7-6-11-8-9-4-2-3-5-12-9/h2-5,10-11H,6-8H2,1H3. The van der Waals surface area contributed by atoms with Crippen LogP contribution in [-0.2, 0) is 16.6 Å². The second kappa shape index (κ2) is 5.79. The van der Waals surface area contributed by atoms with Gasteiger partial charge < -0.3 is 5.32 Å². The Morgan fingerprint density at radius 2 is 2.20 bits per heavy atom. The van der Waals surface area contributed by atoms with Crippen molar-refractivity contribution in [2.75, 3.05) is 19.3 Å². The number of sulfonamides is 1. The van der Waals surface area contributed by atoms with E-state index in [1.165, 1.54) is 7.05 Å². The van der Waals surface area contributed by atoms with E-state index in [4.69, 9.17) is 0 Å². The minimum absolute atomic E-state index is 0.0797. The molecule has 0 unspecified atom stereocenters. The third kappa shape index (κ3) is 4.87. The Labute approximate surface area is 90.0 Å². The van der Waals surface area contributed by atoms with Gasteiger partial charge >= 0.3 is 0 Å². The van der Waals surface area contributed by atoms with Crippen molar-refractivity contribution in [1.29, 1.82) is 0 Å². The predicted molar refractivity (Wildman–Crippen MR) is 58.8 cm³/mol. The summed E-state index contributed by atoms with van der Waals surface area (Å²) < 4.78 is 24.3. The monoisotopic (exact) mass is 229 g/mol. The fraction of sp³-hybridized carbons (Fsp3) is 0.444. The quantitative estimate of drug-likeness (QED) is 0.658. The number of hydrogen-bond acceptors (Lipinski definition) is 4. The van der Waals surface area contributed by atoms with Crippen LogP contribution >= 0.6 is 0 Å².